The van der Waals surface area contributed by atoms with E-state index in [0.717, 1.165) is 53.5 Å². The molecule has 2 aromatic rings. The van der Waals surface area contributed by atoms with E-state index < -0.39 is 33.1 Å². The lowest BCUT2D eigenvalue weighted by atomic mass is 9.84. The van der Waals surface area contributed by atoms with Crippen LogP contribution in [0.1, 0.15) is 57.1 Å². The number of nitrogens with one attached hydrogen (secondary N) is 2. The molecule has 2 N–H and O–H groups in total. The van der Waals surface area contributed by atoms with Crippen LogP contribution in [0.25, 0.3) is 0 Å². The molecule has 1 heterocycles. The summed E-state index contributed by atoms with van der Waals surface area (Å²) in [6, 6.07) is 8.62. The van der Waals surface area contributed by atoms with Crippen molar-refractivity contribution in [1.29, 1.82) is 0 Å². The van der Waals surface area contributed by atoms with Crippen molar-refractivity contribution in [3.05, 3.63) is 77.6 Å². The Kier molecular flexibility index (Phi) is 10.0. The Morgan fingerprint density at radius 3 is 2.35 bits per heavy atom. The zero-order valence-electron chi connectivity index (χ0n) is 24.4. The first-order valence-corrected chi connectivity index (χ1v) is 15.8. The Labute approximate surface area is 250 Å². The maximum atomic E-state index is 13.6. The molecule has 1 amide bonds. The summed E-state index contributed by atoms with van der Waals surface area (Å²) in [6.45, 7) is 8.69. The van der Waals surface area contributed by atoms with Crippen molar-refractivity contribution in [3.8, 4) is 0 Å². The summed E-state index contributed by atoms with van der Waals surface area (Å²) in [5, 5.41) is 6.36. The zero-order chi connectivity index (χ0) is 31.4. The number of amidine groups is 1. The predicted octanol–water partition coefficient (Wildman–Crippen LogP) is 5.68. The van der Waals surface area contributed by atoms with Crippen molar-refractivity contribution in [2.24, 2.45) is 16.8 Å². The number of benzene rings is 2. The van der Waals surface area contributed by atoms with Crippen molar-refractivity contribution < 1.29 is 30.8 Å². The molecular formula is C31H38F4N4O3S. The number of hydrogen-bond acceptors (Lipinski definition) is 5. The number of carbonyl (C=O) groups is 1. The van der Waals surface area contributed by atoms with Crippen LogP contribution in [0.5, 0.6) is 0 Å². The number of nitrogens with zero attached hydrogens (tertiary/aromatic N) is 2. The highest BCUT2D eigenvalue weighted by Crippen LogP contribution is 2.30. The second-order valence-electron chi connectivity index (χ2n) is 11.8. The summed E-state index contributed by atoms with van der Waals surface area (Å²) >= 11 is 0. The molecule has 1 aliphatic carbocycles. The van der Waals surface area contributed by atoms with Gasteiger partial charge in [-0.05, 0) is 85.1 Å². The standard InChI is InChI=1S/C31H38F4N4O3S/c1-21(2)17-30(29(40)36-18-23-5-4-6-23)20-37-28(38-30)22(3)15-16-39(43(41,42)27-13-11-26(32)12-14-27)19-24-7-9-25(10-8-24)31(33,34)35/h7-14,21,23H,3-6,15-20H2,1-2H3,(H,36,40)(H,37,38). The molecular weight excluding hydrogens is 584 g/mol. The van der Waals surface area contributed by atoms with Crippen molar-refractivity contribution >= 4 is 21.8 Å². The number of sulfonamides is 1. The molecule has 1 atom stereocenters. The number of halogens is 4. The molecule has 0 saturated heterocycles. The number of aliphatic imine (C=N–C) groups is 1. The minimum absolute atomic E-state index is 0.0781. The highest BCUT2D eigenvalue weighted by Gasteiger charge is 2.43. The van der Waals surface area contributed by atoms with Crippen molar-refractivity contribution in [3.63, 3.8) is 0 Å². The van der Waals surface area contributed by atoms with E-state index in [1.165, 1.54) is 18.6 Å². The summed E-state index contributed by atoms with van der Waals surface area (Å²) in [4.78, 5) is 17.7. The summed E-state index contributed by atoms with van der Waals surface area (Å²) in [5.74, 6) is 0.393. The van der Waals surface area contributed by atoms with Crippen molar-refractivity contribution in [2.75, 3.05) is 19.6 Å². The Hall–Kier alpha value is -3.25. The normalized spacial score (nSPS) is 19.2. The number of rotatable bonds is 13. The third-order valence-corrected chi connectivity index (χ3v) is 9.78. The Morgan fingerprint density at radius 1 is 1.14 bits per heavy atom. The Morgan fingerprint density at radius 2 is 1.79 bits per heavy atom. The molecule has 1 fully saturated rings. The molecule has 4 rings (SSSR count). The van der Waals surface area contributed by atoms with Gasteiger partial charge in [-0.15, -0.1) is 0 Å². The van der Waals surface area contributed by atoms with E-state index in [-0.39, 0.29) is 42.8 Å². The van der Waals surface area contributed by atoms with Gasteiger partial charge in [0.1, 0.15) is 17.2 Å². The Balaban J connectivity index is 1.49. The van der Waals surface area contributed by atoms with E-state index in [2.05, 4.69) is 22.2 Å². The first kappa shape index (κ1) is 32.7. The lowest BCUT2D eigenvalue weighted by Crippen LogP contribution is -2.59. The van der Waals surface area contributed by atoms with Gasteiger partial charge in [-0.25, -0.2) is 12.8 Å². The summed E-state index contributed by atoms with van der Waals surface area (Å²) < 4.78 is 81.0. The smallest absolute Gasteiger partial charge is 0.355 e. The molecule has 1 saturated carbocycles. The summed E-state index contributed by atoms with van der Waals surface area (Å²) in [6.07, 6.45) is -0.461. The van der Waals surface area contributed by atoms with E-state index in [9.17, 15) is 30.8 Å². The van der Waals surface area contributed by atoms with Gasteiger partial charge < -0.3 is 10.6 Å². The SMILES string of the molecule is C=C(CCN(Cc1ccc(C(F)(F)F)cc1)S(=O)(=O)c1ccc(F)cc1)C1=NCC(CC(C)C)(C(=O)NCC2CCC2)N1. The number of alkyl halides is 3. The number of carbonyl (C=O) groups excluding carboxylic acids is 1. The largest absolute Gasteiger partial charge is 0.416 e. The quantitative estimate of drug-likeness (QED) is 0.281. The molecule has 1 aliphatic heterocycles. The minimum atomic E-state index is -4.52. The van der Waals surface area contributed by atoms with E-state index in [0.29, 0.717) is 35.9 Å². The molecule has 2 aliphatic rings. The molecule has 0 aromatic heterocycles. The van der Waals surface area contributed by atoms with Crippen LogP contribution in [0.2, 0.25) is 0 Å². The first-order chi connectivity index (χ1) is 20.2. The van der Waals surface area contributed by atoms with Gasteiger partial charge in [-0.2, -0.15) is 17.5 Å². The second kappa shape index (κ2) is 13.2. The molecule has 234 valence electrons. The molecule has 2 aromatic carbocycles. The van der Waals surface area contributed by atoms with Crippen LogP contribution < -0.4 is 10.6 Å². The fourth-order valence-electron chi connectivity index (χ4n) is 5.28. The molecule has 12 heteroatoms. The number of hydrogen-bond donors (Lipinski definition) is 2. The lowest BCUT2D eigenvalue weighted by molar-refractivity contribution is -0.137. The minimum Gasteiger partial charge on any atom is -0.355 e. The average Bonchev–Trinajstić information content (AvgIpc) is 3.34. The van der Waals surface area contributed by atoms with Gasteiger partial charge in [0.2, 0.25) is 15.9 Å². The van der Waals surface area contributed by atoms with Gasteiger partial charge in [0.15, 0.2) is 0 Å². The maximum absolute atomic E-state index is 13.6. The molecule has 1 unspecified atom stereocenters. The maximum Gasteiger partial charge on any atom is 0.416 e. The lowest BCUT2D eigenvalue weighted by Gasteiger charge is -2.32. The van der Waals surface area contributed by atoms with Crippen LogP contribution in [0.15, 0.2) is 70.6 Å². The highest BCUT2D eigenvalue weighted by atomic mass is 32.2. The third-order valence-electron chi connectivity index (χ3n) is 7.92. The number of amides is 1. The van der Waals surface area contributed by atoms with E-state index in [1.807, 2.05) is 13.8 Å². The van der Waals surface area contributed by atoms with E-state index in [4.69, 9.17) is 0 Å². The average molecular weight is 623 g/mol. The molecule has 7 nitrogen and oxygen atoms in total. The van der Waals surface area contributed by atoms with Crippen LogP contribution in [0.3, 0.4) is 0 Å². The monoisotopic (exact) mass is 622 g/mol. The van der Waals surface area contributed by atoms with Crippen LogP contribution in [0, 0.1) is 17.7 Å². The van der Waals surface area contributed by atoms with Gasteiger partial charge in [0.05, 0.1) is 17.0 Å². The molecule has 0 radical (unpaired) electrons. The van der Waals surface area contributed by atoms with Gasteiger partial charge >= 0.3 is 6.18 Å². The third kappa shape index (κ3) is 8.03. The summed E-state index contributed by atoms with van der Waals surface area (Å²) in [7, 11) is -4.16. The Bertz CT molecular complexity index is 1440. The first-order valence-electron chi connectivity index (χ1n) is 14.4. The zero-order valence-corrected chi connectivity index (χ0v) is 25.2. The van der Waals surface area contributed by atoms with Crippen molar-refractivity contribution in [2.45, 2.75) is 69.1 Å². The van der Waals surface area contributed by atoms with Crippen LogP contribution in [-0.2, 0) is 27.5 Å². The molecule has 0 bridgehead atoms. The van der Waals surface area contributed by atoms with Crippen molar-refractivity contribution in [1.82, 2.24) is 14.9 Å². The van der Waals surface area contributed by atoms with E-state index >= 15 is 0 Å². The predicted molar refractivity (Wildman–Crippen MR) is 157 cm³/mol. The van der Waals surface area contributed by atoms with E-state index in [1.54, 1.807) is 0 Å². The highest BCUT2D eigenvalue weighted by molar-refractivity contribution is 7.89. The van der Waals surface area contributed by atoms with Gasteiger partial charge in [-0.3, -0.25) is 9.79 Å². The topological polar surface area (TPSA) is 90.9 Å². The molecule has 43 heavy (non-hydrogen) atoms. The van der Waals surface area contributed by atoms with Gasteiger partial charge in [0, 0.05) is 19.6 Å². The summed E-state index contributed by atoms with van der Waals surface area (Å²) in [5.41, 5.74) is -0.940. The molecule has 0 spiro atoms. The van der Waals surface area contributed by atoms with Crippen LogP contribution in [0.4, 0.5) is 17.6 Å². The van der Waals surface area contributed by atoms with Gasteiger partial charge in [0.25, 0.3) is 0 Å². The van der Waals surface area contributed by atoms with Gasteiger partial charge in [-0.1, -0.05) is 39.0 Å². The second-order valence-corrected chi connectivity index (χ2v) is 13.8. The fraction of sp³-hybridized carbons (Fsp3) is 0.484. The van der Waals surface area contributed by atoms with Crippen LogP contribution in [-0.4, -0.2) is 49.6 Å². The fourth-order valence-corrected chi connectivity index (χ4v) is 6.71. The van der Waals surface area contributed by atoms with Crippen LogP contribution >= 0.6 is 0 Å².